The number of hydrazone groups is 1. The summed E-state index contributed by atoms with van der Waals surface area (Å²) in [4.78, 5) is 4.16. The van der Waals surface area contributed by atoms with Gasteiger partial charge in [-0.15, -0.1) is 0 Å². The lowest BCUT2D eigenvalue weighted by atomic mass is 10.2. The predicted molar refractivity (Wildman–Crippen MR) is 57.4 cm³/mol. The second kappa shape index (κ2) is 3.46. The van der Waals surface area contributed by atoms with Gasteiger partial charge in [0.15, 0.2) is 0 Å². The summed E-state index contributed by atoms with van der Waals surface area (Å²) in [5.74, 6) is 1.72. The number of nitrogens with two attached hydrogens (primary N) is 1. The minimum atomic E-state index is 0.285. The van der Waals surface area contributed by atoms with Crippen molar-refractivity contribution in [1.82, 2.24) is 4.98 Å². The van der Waals surface area contributed by atoms with Crippen LogP contribution in [0.3, 0.4) is 0 Å². The zero-order valence-electron chi connectivity index (χ0n) is 7.81. The van der Waals surface area contributed by atoms with Gasteiger partial charge in [-0.1, -0.05) is 18.5 Å². The molecule has 2 rings (SSSR count). The predicted octanol–water partition coefficient (Wildman–Crippen LogP) is 1.46. The van der Waals surface area contributed by atoms with Crippen molar-refractivity contribution in [3.8, 4) is 0 Å². The van der Waals surface area contributed by atoms with Gasteiger partial charge in [-0.05, 0) is 12.1 Å². The highest BCUT2D eigenvalue weighted by molar-refractivity contribution is 6.30. The van der Waals surface area contributed by atoms with Gasteiger partial charge < -0.3 is 5.73 Å². The van der Waals surface area contributed by atoms with Gasteiger partial charge in [-0.3, -0.25) is 0 Å². The van der Waals surface area contributed by atoms with E-state index in [-0.39, 0.29) is 5.92 Å². The maximum Gasteiger partial charge on any atom is 0.148 e. The summed E-state index contributed by atoms with van der Waals surface area (Å²) < 4.78 is 0. The van der Waals surface area contributed by atoms with E-state index in [1.54, 1.807) is 17.3 Å². The van der Waals surface area contributed by atoms with Crippen LogP contribution < -0.4 is 10.7 Å². The molecule has 0 aromatic carbocycles. The number of hydrogen-bond acceptors (Lipinski definition) is 4. The largest absolute Gasteiger partial charge is 0.385 e. The number of amidine groups is 1. The summed E-state index contributed by atoms with van der Waals surface area (Å²) in [5.41, 5.74) is 5.69. The van der Waals surface area contributed by atoms with Crippen LogP contribution in [-0.2, 0) is 0 Å². The van der Waals surface area contributed by atoms with Crippen LogP contribution in [0.5, 0.6) is 0 Å². The summed E-state index contributed by atoms with van der Waals surface area (Å²) in [6.45, 7) is 2.81. The molecular weight excluding hydrogens is 200 g/mol. The lowest BCUT2D eigenvalue weighted by molar-refractivity contribution is 0.764. The number of aromatic nitrogens is 1. The Bertz CT molecular complexity index is 360. The molecule has 1 aliphatic rings. The monoisotopic (exact) mass is 210 g/mol. The standard InChI is InChI=1S/C9H11ClN4/c1-6-5-14(13-9(6)11)8-3-2-7(10)4-12-8/h2-4,6H,5H2,1H3,(H2,11,13)/t6-/m1/s1. The second-order valence-electron chi connectivity index (χ2n) is 3.34. The number of nitrogens with zero attached hydrogens (tertiary/aromatic N) is 3. The van der Waals surface area contributed by atoms with Gasteiger partial charge in [0.25, 0.3) is 0 Å². The quantitative estimate of drug-likeness (QED) is 0.764. The average Bonchev–Trinajstić information content (AvgIpc) is 2.48. The van der Waals surface area contributed by atoms with E-state index in [4.69, 9.17) is 17.3 Å². The number of rotatable bonds is 1. The Morgan fingerprint density at radius 3 is 2.86 bits per heavy atom. The van der Waals surface area contributed by atoms with Crippen LogP contribution in [0.15, 0.2) is 23.4 Å². The molecule has 2 N–H and O–H groups in total. The fourth-order valence-electron chi connectivity index (χ4n) is 1.30. The van der Waals surface area contributed by atoms with Crippen LogP contribution in [0.25, 0.3) is 0 Å². The van der Waals surface area contributed by atoms with Crippen LogP contribution in [0.4, 0.5) is 5.82 Å². The second-order valence-corrected chi connectivity index (χ2v) is 3.78. The molecule has 0 amide bonds. The third kappa shape index (κ3) is 1.65. The summed E-state index contributed by atoms with van der Waals surface area (Å²) in [7, 11) is 0. The molecule has 1 atom stereocenters. The van der Waals surface area contributed by atoms with Crippen LogP contribution in [-0.4, -0.2) is 17.4 Å². The minimum Gasteiger partial charge on any atom is -0.385 e. The molecular formula is C9H11ClN4. The number of anilines is 1. The first-order chi connectivity index (χ1) is 6.66. The van der Waals surface area contributed by atoms with E-state index in [1.165, 1.54) is 0 Å². The minimum absolute atomic E-state index is 0.285. The highest BCUT2D eigenvalue weighted by Gasteiger charge is 2.21. The molecule has 0 aliphatic carbocycles. The number of hydrogen-bond donors (Lipinski definition) is 1. The molecule has 1 aliphatic heterocycles. The van der Waals surface area contributed by atoms with Gasteiger partial charge in [0.1, 0.15) is 11.7 Å². The van der Waals surface area contributed by atoms with E-state index in [0.29, 0.717) is 10.9 Å². The SMILES string of the molecule is C[C@@H]1CN(c2ccc(Cl)cn2)N=C1N. The van der Waals surface area contributed by atoms with Crippen LogP contribution in [0, 0.1) is 5.92 Å². The van der Waals surface area contributed by atoms with Crippen LogP contribution in [0.1, 0.15) is 6.92 Å². The summed E-state index contributed by atoms with van der Waals surface area (Å²) in [5, 5.41) is 6.60. The molecule has 0 saturated heterocycles. The highest BCUT2D eigenvalue weighted by Crippen LogP contribution is 2.19. The molecule has 0 radical (unpaired) electrons. The van der Waals surface area contributed by atoms with E-state index in [1.807, 2.05) is 13.0 Å². The van der Waals surface area contributed by atoms with Crippen molar-refractivity contribution >= 4 is 23.3 Å². The zero-order chi connectivity index (χ0) is 10.1. The van der Waals surface area contributed by atoms with Crippen molar-refractivity contribution in [1.29, 1.82) is 0 Å². The molecule has 1 aromatic rings. The summed E-state index contributed by atoms with van der Waals surface area (Å²) in [6.07, 6.45) is 1.60. The first-order valence-corrected chi connectivity index (χ1v) is 4.77. The van der Waals surface area contributed by atoms with E-state index in [9.17, 15) is 0 Å². The van der Waals surface area contributed by atoms with Crippen molar-refractivity contribution in [2.75, 3.05) is 11.6 Å². The Hall–Kier alpha value is -1.29. The van der Waals surface area contributed by atoms with Gasteiger partial charge in [0, 0.05) is 12.1 Å². The number of pyridine rings is 1. The van der Waals surface area contributed by atoms with Crippen molar-refractivity contribution in [2.24, 2.45) is 16.8 Å². The van der Waals surface area contributed by atoms with Gasteiger partial charge in [0.2, 0.25) is 0 Å². The zero-order valence-corrected chi connectivity index (χ0v) is 8.57. The van der Waals surface area contributed by atoms with Crippen molar-refractivity contribution in [3.05, 3.63) is 23.4 Å². The van der Waals surface area contributed by atoms with Gasteiger partial charge in [-0.25, -0.2) is 9.99 Å². The fourth-order valence-corrected chi connectivity index (χ4v) is 1.41. The average molecular weight is 211 g/mol. The van der Waals surface area contributed by atoms with Crippen LogP contribution >= 0.6 is 11.6 Å². The first-order valence-electron chi connectivity index (χ1n) is 4.40. The molecule has 5 heteroatoms. The Morgan fingerprint density at radius 2 is 2.36 bits per heavy atom. The summed E-state index contributed by atoms with van der Waals surface area (Å²) in [6, 6.07) is 3.62. The first kappa shape index (κ1) is 9.27. The van der Waals surface area contributed by atoms with E-state index < -0.39 is 0 Å². The van der Waals surface area contributed by atoms with Crippen molar-refractivity contribution in [3.63, 3.8) is 0 Å². The number of halogens is 1. The molecule has 0 spiro atoms. The van der Waals surface area contributed by atoms with E-state index >= 15 is 0 Å². The highest BCUT2D eigenvalue weighted by atomic mass is 35.5. The Labute approximate surface area is 87.4 Å². The molecule has 2 heterocycles. The molecule has 1 aromatic heterocycles. The molecule has 0 bridgehead atoms. The molecule has 4 nitrogen and oxygen atoms in total. The van der Waals surface area contributed by atoms with Crippen molar-refractivity contribution in [2.45, 2.75) is 6.92 Å². The van der Waals surface area contributed by atoms with E-state index in [0.717, 1.165) is 12.4 Å². The molecule has 0 unspecified atom stereocenters. The Morgan fingerprint density at radius 1 is 1.57 bits per heavy atom. The Kier molecular flexibility index (Phi) is 2.29. The maximum absolute atomic E-state index is 5.73. The third-order valence-electron chi connectivity index (χ3n) is 2.16. The maximum atomic E-state index is 5.73. The normalized spacial score (nSPS) is 21.1. The van der Waals surface area contributed by atoms with Crippen LogP contribution in [0.2, 0.25) is 5.02 Å². The van der Waals surface area contributed by atoms with E-state index in [2.05, 4.69) is 10.1 Å². The lowest BCUT2D eigenvalue weighted by Gasteiger charge is -2.12. The molecule has 0 saturated carbocycles. The Balaban J connectivity index is 2.22. The lowest BCUT2D eigenvalue weighted by Crippen LogP contribution is -2.20. The van der Waals surface area contributed by atoms with Gasteiger partial charge in [0.05, 0.1) is 11.6 Å². The third-order valence-corrected chi connectivity index (χ3v) is 2.39. The van der Waals surface area contributed by atoms with Gasteiger partial charge >= 0.3 is 0 Å². The molecule has 74 valence electrons. The summed E-state index contributed by atoms with van der Waals surface area (Å²) >= 11 is 5.73. The van der Waals surface area contributed by atoms with Crippen molar-refractivity contribution < 1.29 is 0 Å². The smallest absolute Gasteiger partial charge is 0.148 e. The van der Waals surface area contributed by atoms with Gasteiger partial charge in [-0.2, -0.15) is 5.10 Å². The molecule has 14 heavy (non-hydrogen) atoms. The topological polar surface area (TPSA) is 54.5 Å². The molecule has 0 fully saturated rings. The fraction of sp³-hybridized carbons (Fsp3) is 0.333.